The number of benzene rings is 7. The first-order valence-corrected chi connectivity index (χ1v) is 21.4. The summed E-state index contributed by atoms with van der Waals surface area (Å²) in [5.74, 6) is 2.21. The van der Waals surface area contributed by atoms with Gasteiger partial charge in [-0.3, -0.25) is 0 Å². The number of rotatable bonds is 8. The largest absolute Gasteiger partial charge is 0.486 e. The molecule has 2 heterocycles. The van der Waals surface area contributed by atoms with E-state index in [2.05, 4.69) is 192 Å². The van der Waals surface area contributed by atoms with Gasteiger partial charge in [0.05, 0.1) is 22.1 Å². The lowest BCUT2D eigenvalue weighted by molar-refractivity contribution is 0.172. The van der Waals surface area contributed by atoms with E-state index in [1.54, 1.807) is 0 Å². The fourth-order valence-corrected chi connectivity index (χ4v) is 8.40. The lowest BCUT2D eigenvalue weighted by Gasteiger charge is -2.33. The van der Waals surface area contributed by atoms with Gasteiger partial charge in [0.2, 0.25) is 0 Å². The zero-order valence-electron chi connectivity index (χ0n) is 35.9. The standard InChI is InChI=1S/C55H51ClN2O3/c1-36-31-47(57(42-25-19-40(20-26-42)54(2,3)4)43-27-21-41(22-28-43)55(5,6)7)53(56)48(32-36)58(44-23-17-38(18-24-44)50-33-39-15-11-12-16-49(39)61-50)46-35-52-51(59-29-30-60-52)34-45(46)37-13-9-8-10-14-37/h8-28,31-35H,29-30H2,1-7H3. The van der Waals surface area contributed by atoms with Crippen LogP contribution in [0.2, 0.25) is 5.02 Å². The Kier molecular flexibility index (Phi) is 10.4. The molecule has 0 bridgehead atoms. The first-order valence-electron chi connectivity index (χ1n) is 21.0. The average Bonchev–Trinajstić information content (AvgIpc) is 3.70. The maximum atomic E-state index is 7.94. The first-order chi connectivity index (χ1) is 29.3. The Hall–Kier alpha value is -6.43. The van der Waals surface area contributed by atoms with Crippen LogP contribution in [0.15, 0.2) is 162 Å². The van der Waals surface area contributed by atoms with Crippen LogP contribution in [0.3, 0.4) is 0 Å². The summed E-state index contributed by atoms with van der Waals surface area (Å²) >= 11 is 7.94. The molecule has 61 heavy (non-hydrogen) atoms. The number of aryl methyl sites for hydroxylation is 1. The van der Waals surface area contributed by atoms with E-state index in [0.29, 0.717) is 29.7 Å². The maximum Gasteiger partial charge on any atom is 0.163 e. The average molecular weight is 823 g/mol. The summed E-state index contributed by atoms with van der Waals surface area (Å²) in [5, 5.41) is 1.66. The number of ether oxygens (including phenoxy) is 2. The van der Waals surface area contributed by atoms with Gasteiger partial charge in [-0.1, -0.05) is 126 Å². The molecule has 306 valence electrons. The number of hydrogen-bond acceptors (Lipinski definition) is 5. The SMILES string of the molecule is Cc1cc(N(c2ccc(C(C)(C)C)cc2)c2ccc(C(C)(C)C)cc2)c(Cl)c(N(c2ccc(-c3cc4ccccc4o3)cc2)c2cc3c(cc2-c2ccccc2)OCCO3)c1. The molecule has 1 aliphatic rings. The van der Waals surface area contributed by atoms with Crippen molar-refractivity contribution in [2.24, 2.45) is 0 Å². The van der Waals surface area contributed by atoms with Gasteiger partial charge in [-0.2, -0.15) is 0 Å². The van der Waals surface area contributed by atoms with Crippen molar-refractivity contribution in [2.45, 2.75) is 59.3 Å². The lowest BCUT2D eigenvalue weighted by Crippen LogP contribution is -2.18. The van der Waals surface area contributed by atoms with Crippen molar-refractivity contribution >= 4 is 56.7 Å². The predicted octanol–water partition coefficient (Wildman–Crippen LogP) is 16.0. The van der Waals surface area contributed by atoms with Crippen molar-refractivity contribution in [2.75, 3.05) is 23.0 Å². The molecule has 0 radical (unpaired) electrons. The molecule has 0 amide bonds. The van der Waals surface area contributed by atoms with Gasteiger partial charge in [-0.05, 0) is 119 Å². The van der Waals surface area contributed by atoms with Gasteiger partial charge >= 0.3 is 0 Å². The topological polar surface area (TPSA) is 38.1 Å². The van der Waals surface area contributed by atoms with Gasteiger partial charge in [-0.25, -0.2) is 0 Å². The quantitative estimate of drug-likeness (QED) is 0.153. The highest BCUT2D eigenvalue weighted by Gasteiger charge is 2.28. The maximum absolute atomic E-state index is 7.94. The molecule has 9 rings (SSSR count). The summed E-state index contributed by atoms with van der Waals surface area (Å²) in [7, 11) is 0. The van der Waals surface area contributed by atoms with Crippen molar-refractivity contribution < 1.29 is 13.9 Å². The van der Waals surface area contributed by atoms with Crippen LogP contribution in [0.5, 0.6) is 11.5 Å². The summed E-state index contributed by atoms with van der Waals surface area (Å²) in [6.45, 7) is 16.6. The molecule has 0 spiro atoms. The summed E-state index contributed by atoms with van der Waals surface area (Å²) in [6, 6.07) is 55.4. The van der Waals surface area contributed by atoms with Crippen LogP contribution in [0.1, 0.15) is 58.2 Å². The smallest absolute Gasteiger partial charge is 0.163 e. The molecule has 0 aliphatic carbocycles. The molecule has 6 heteroatoms. The molecule has 0 saturated carbocycles. The highest BCUT2D eigenvalue weighted by Crippen LogP contribution is 2.52. The fourth-order valence-electron chi connectivity index (χ4n) is 8.12. The van der Waals surface area contributed by atoms with Gasteiger partial charge in [-0.15, -0.1) is 0 Å². The van der Waals surface area contributed by atoms with Gasteiger partial charge in [0.25, 0.3) is 0 Å². The molecular formula is C55H51ClN2O3. The molecule has 0 atom stereocenters. The van der Waals surface area contributed by atoms with E-state index in [0.717, 1.165) is 73.1 Å². The van der Waals surface area contributed by atoms with E-state index < -0.39 is 0 Å². The molecule has 0 saturated heterocycles. The van der Waals surface area contributed by atoms with Crippen LogP contribution in [0, 0.1) is 6.92 Å². The van der Waals surface area contributed by atoms with E-state index in [-0.39, 0.29) is 10.8 Å². The summed E-state index contributed by atoms with van der Waals surface area (Å²) in [5.41, 5.74) is 13.0. The van der Waals surface area contributed by atoms with E-state index in [1.807, 2.05) is 24.3 Å². The summed E-state index contributed by atoms with van der Waals surface area (Å²) in [4.78, 5) is 4.54. The minimum Gasteiger partial charge on any atom is -0.486 e. The van der Waals surface area contributed by atoms with Crippen LogP contribution >= 0.6 is 11.6 Å². The van der Waals surface area contributed by atoms with E-state index in [4.69, 9.17) is 25.5 Å². The third-order valence-electron chi connectivity index (χ3n) is 11.5. The van der Waals surface area contributed by atoms with Crippen LogP contribution in [-0.2, 0) is 10.8 Å². The van der Waals surface area contributed by atoms with E-state index in [1.165, 1.54) is 11.1 Å². The Balaban J connectivity index is 1.27. The minimum atomic E-state index is 0.00637. The summed E-state index contributed by atoms with van der Waals surface area (Å²) in [6.07, 6.45) is 0. The highest BCUT2D eigenvalue weighted by molar-refractivity contribution is 6.37. The lowest BCUT2D eigenvalue weighted by atomic mass is 9.86. The zero-order valence-corrected chi connectivity index (χ0v) is 36.7. The fraction of sp³-hybridized carbons (Fsp3) is 0.200. The number of halogens is 1. The number of anilines is 6. The van der Waals surface area contributed by atoms with E-state index in [9.17, 15) is 0 Å². The van der Waals surface area contributed by atoms with Crippen molar-refractivity contribution in [3.63, 3.8) is 0 Å². The molecular weight excluding hydrogens is 772 g/mol. The number of furan rings is 1. The van der Waals surface area contributed by atoms with Crippen molar-refractivity contribution in [3.8, 4) is 33.9 Å². The molecule has 5 nitrogen and oxygen atoms in total. The normalized spacial score (nSPS) is 12.7. The van der Waals surface area contributed by atoms with Gasteiger partial charge in [0, 0.05) is 39.6 Å². The number of hydrogen-bond donors (Lipinski definition) is 0. The van der Waals surface area contributed by atoms with Gasteiger partial charge in [0.1, 0.15) is 24.6 Å². The molecule has 0 N–H and O–H groups in total. The second kappa shape index (κ2) is 15.9. The van der Waals surface area contributed by atoms with Gasteiger partial charge in [0.15, 0.2) is 11.5 Å². The van der Waals surface area contributed by atoms with Crippen molar-refractivity contribution in [1.82, 2.24) is 0 Å². The van der Waals surface area contributed by atoms with Crippen LogP contribution in [0.4, 0.5) is 34.1 Å². The van der Waals surface area contributed by atoms with Crippen LogP contribution in [-0.4, -0.2) is 13.2 Å². The third-order valence-corrected chi connectivity index (χ3v) is 11.9. The minimum absolute atomic E-state index is 0.00637. The highest BCUT2D eigenvalue weighted by atomic mass is 35.5. The Morgan fingerprint density at radius 2 is 1.00 bits per heavy atom. The molecule has 0 fully saturated rings. The number of fused-ring (bicyclic) bond motifs is 2. The third kappa shape index (κ3) is 7.99. The molecule has 0 unspecified atom stereocenters. The van der Waals surface area contributed by atoms with Crippen LogP contribution < -0.4 is 19.3 Å². The molecule has 1 aliphatic heterocycles. The first kappa shape index (κ1) is 40.0. The van der Waals surface area contributed by atoms with E-state index >= 15 is 0 Å². The Bertz CT molecular complexity index is 2740. The second-order valence-corrected chi connectivity index (χ2v) is 18.3. The predicted molar refractivity (Wildman–Crippen MR) is 255 cm³/mol. The summed E-state index contributed by atoms with van der Waals surface area (Å²) < 4.78 is 18.8. The molecule has 8 aromatic rings. The number of nitrogens with zero attached hydrogens (tertiary/aromatic N) is 2. The number of para-hydroxylation sites is 1. The van der Waals surface area contributed by atoms with Crippen molar-refractivity contribution in [1.29, 1.82) is 0 Å². The molecule has 1 aromatic heterocycles. The zero-order chi connectivity index (χ0) is 42.5. The monoisotopic (exact) mass is 822 g/mol. The Morgan fingerprint density at radius 1 is 0.492 bits per heavy atom. The molecule has 7 aromatic carbocycles. The van der Waals surface area contributed by atoms with Crippen LogP contribution in [0.25, 0.3) is 33.4 Å². The Labute approximate surface area is 364 Å². The van der Waals surface area contributed by atoms with Gasteiger partial charge < -0.3 is 23.7 Å². The Morgan fingerprint density at radius 3 is 1.57 bits per heavy atom. The second-order valence-electron chi connectivity index (χ2n) is 18.0. The van der Waals surface area contributed by atoms with Crippen molar-refractivity contribution in [3.05, 3.63) is 179 Å².